The highest BCUT2D eigenvalue weighted by Gasteiger charge is 2.37. The molecular formula is C18H30N8. The standard InChI is InChI=1S/C18H30N8/c1-17(2,3)12-8-25-14(7-19-12)22-16(23-25)24-9-13(18(4,5)6)26-15(10-24)20-11-21-26/h11-13,19H,7-10H2,1-6H3. The summed E-state index contributed by atoms with van der Waals surface area (Å²) in [6.45, 7) is 16.7. The van der Waals surface area contributed by atoms with Crippen molar-refractivity contribution in [2.45, 2.75) is 73.3 Å². The molecule has 4 heterocycles. The fourth-order valence-corrected chi connectivity index (χ4v) is 3.77. The molecule has 0 fully saturated rings. The first kappa shape index (κ1) is 17.5. The number of fused-ring (bicyclic) bond motifs is 2. The van der Waals surface area contributed by atoms with Gasteiger partial charge in [0.1, 0.15) is 18.0 Å². The lowest BCUT2D eigenvalue weighted by atomic mass is 9.85. The molecule has 2 aliphatic heterocycles. The molecule has 0 aromatic carbocycles. The maximum Gasteiger partial charge on any atom is 0.245 e. The van der Waals surface area contributed by atoms with Gasteiger partial charge in [-0.2, -0.15) is 10.1 Å². The van der Waals surface area contributed by atoms with Crippen LogP contribution in [0.1, 0.15) is 59.2 Å². The van der Waals surface area contributed by atoms with Gasteiger partial charge in [0.2, 0.25) is 5.95 Å². The average Bonchev–Trinajstić information content (AvgIpc) is 3.17. The van der Waals surface area contributed by atoms with Crippen molar-refractivity contribution in [3.05, 3.63) is 18.0 Å². The summed E-state index contributed by atoms with van der Waals surface area (Å²) in [5, 5.41) is 12.9. The molecule has 0 spiro atoms. The zero-order valence-electron chi connectivity index (χ0n) is 16.7. The first-order valence-electron chi connectivity index (χ1n) is 9.43. The quantitative estimate of drug-likeness (QED) is 0.840. The summed E-state index contributed by atoms with van der Waals surface area (Å²) in [5.41, 5.74) is 0.280. The molecule has 2 aromatic heterocycles. The normalized spacial score (nSPS) is 23.7. The van der Waals surface area contributed by atoms with Crippen LogP contribution in [0.3, 0.4) is 0 Å². The Bertz CT molecular complexity index is 791. The Hall–Kier alpha value is -1.96. The summed E-state index contributed by atoms with van der Waals surface area (Å²) in [6.07, 6.45) is 1.65. The number of nitrogens with one attached hydrogen (secondary N) is 1. The maximum atomic E-state index is 4.85. The second-order valence-electron chi connectivity index (χ2n) is 9.69. The molecule has 142 valence electrons. The summed E-state index contributed by atoms with van der Waals surface area (Å²) in [5.74, 6) is 2.80. The molecule has 2 atom stereocenters. The van der Waals surface area contributed by atoms with Crippen molar-refractivity contribution in [1.29, 1.82) is 0 Å². The highest BCUT2D eigenvalue weighted by molar-refractivity contribution is 5.32. The van der Waals surface area contributed by atoms with E-state index in [0.29, 0.717) is 12.6 Å². The lowest BCUT2D eigenvalue weighted by molar-refractivity contribution is 0.205. The Morgan fingerprint density at radius 2 is 1.81 bits per heavy atom. The Balaban J connectivity index is 1.61. The summed E-state index contributed by atoms with van der Waals surface area (Å²) < 4.78 is 4.15. The number of rotatable bonds is 1. The van der Waals surface area contributed by atoms with Crippen molar-refractivity contribution in [3.8, 4) is 0 Å². The fraction of sp³-hybridized carbons (Fsp3) is 0.778. The van der Waals surface area contributed by atoms with E-state index in [0.717, 1.165) is 37.2 Å². The molecule has 0 saturated carbocycles. The van der Waals surface area contributed by atoms with E-state index in [2.05, 4.69) is 71.2 Å². The van der Waals surface area contributed by atoms with E-state index < -0.39 is 0 Å². The van der Waals surface area contributed by atoms with Gasteiger partial charge in [-0.1, -0.05) is 41.5 Å². The van der Waals surface area contributed by atoms with Crippen molar-refractivity contribution in [1.82, 2.24) is 34.8 Å². The van der Waals surface area contributed by atoms with Crippen LogP contribution in [-0.2, 0) is 19.6 Å². The van der Waals surface area contributed by atoms with Crippen molar-refractivity contribution in [2.24, 2.45) is 10.8 Å². The molecule has 0 saturated heterocycles. The van der Waals surface area contributed by atoms with Gasteiger partial charge in [-0.3, -0.25) is 0 Å². The molecular weight excluding hydrogens is 328 g/mol. The summed E-state index contributed by atoms with van der Waals surface area (Å²) in [4.78, 5) is 11.5. The van der Waals surface area contributed by atoms with Gasteiger partial charge in [-0.15, -0.1) is 5.10 Å². The molecule has 1 N–H and O–H groups in total. The van der Waals surface area contributed by atoms with Gasteiger partial charge in [0.15, 0.2) is 0 Å². The van der Waals surface area contributed by atoms with Gasteiger partial charge in [0, 0.05) is 12.6 Å². The predicted molar refractivity (Wildman–Crippen MR) is 99.7 cm³/mol. The van der Waals surface area contributed by atoms with Crippen LogP contribution >= 0.6 is 0 Å². The van der Waals surface area contributed by atoms with Crippen LogP contribution in [0.4, 0.5) is 5.95 Å². The second kappa shape index (κ2) is 5.77. The van der Waals surface area contributed by atoms with Crippen LogP contribution in [0.15, 0.2) is 6.33 Å². The van der Waals surface area contributed by atoms with Crippen molar-refractivity contribution >= 4 is 5.95 Å². The maximum absolute atomic E-state index is 4.85. The minimum atomic E-state index is 0.0827. The molecule has 0 radical (unpaired) electrons. The third-order valence-corrected chi connectivity index (χ3v) is 5.60. The number of nitrogens with zero attached hydrogens (tertiary/aromatic N) is 7. The summed E-state index contributed by atoms with van der Waals surface area (Å²) in [7, 11) is 0. The zero-order chi connectivity index (χ0) is 18.7. The van der Waals surface area contributed by atoms with Gasteiger partial charge in [0.25, 0.3) is 0 Å². The number of anilines is 1. The summed E-state index contributed by atoms with van der Waals surface area (Å²) >= 11 is 0. The van der Waals surface area contributed by atoms with Gasteiger partial charge >= 0.3 is 0 Å². The molecule has 2 aliphatic rings. The van der Waals surface area contributed by atoms with Crippen LogP contribution in [0.5, 0.6) is 0 Å². The molecule has 26 heavy (non-hydrogen) atoms. The molecule has 8 nitrogen and oxygen atoms in total. The van der Waals surface area contributed by atoms with E-state index in [4.69, 9.17) is 10.1 Å². The third kappa shape index (κ3) is 3.00. The number of aromatic nitrogens is 6. The van der Waals surface area contributed by atoms with Crippen molar-refractivity contribution in [3.63, 3.8) is 0 Å². The minimum Gasteiger partial charge on any atom is -0.330 e. The Kier molecular flexibility index (Phi) is 3.87. The van der Waals surface area contributed by atoms with Crippen molar-refractivity contribution in [2.75, 3.05) is 11.4 Å². The van der Waals surface area contributed by atoms with Gasteiger partial charge < -0.3 is 10.2 Å². The monoisotopic (exact) mass is 358 g/mol. The highest BCUT2D eigenvalue weighted by atomic mass is 15.5. The SMILES string of the molecule is CC(C)(C)C1Cn2nc(N3Cc4ncnn4C(C(C)(C)C)C3)nc2CN1. The highest BCUT2D eigenvalue weighted by Crippen LogP contribution is 2.35. The van der Waals surface area contributed by atoms with E-state index >= 15 is 0 Å². The first-order chi connectivity index (χ1) is 12.1. The molecule has 0 aliphatic carbocycles. The van der Waals surface area contributed by atoms with E-state index in [1.54, 1.807) is 6.33 Å². The fourth-order valence-electron chi connectivity index (χ4n) is 3.77. The van der Waals surface area contributed by atoms with Gasteiger partial charge in [-0.25, -0.2) is 14.3 Å². The second-order valence-corrected chi connectivity index (χ2v) is 9.69. The van der Waals surface area contributed by atoms with Crippen LogP contribution in [0.25, 0.3) is 0 Å². The third-order valence-electron chi connectivity index (χ3n) is 5.60. The predicted octanol–water partition coefficient (Wildman–Crippen LogP) is 1.99. The molecule has 2 unspecified atom stereocenters. The van der Waals surface area contributed by atoms with Crippen LogP contribution in [0, 0.1) is 10.8 Å². The van der Waals surface area contributed by atoms with Crippen molar-refractivity contribution < 1.29 is 0 Å². The molecule has 2 aromatic rings. The van der Waals surface area contributed by atoms with Gasteiger partial charge in [-0.05, 0) is 10.8 Å². The zero-order valence-corrected chi connectivity index (χ0v) is 16.7. The van der Waals surface area contributed by atoms with E-state index in [-0.39, 0.29) is 16.9 Å². The molecule has 0 amide bonds. The number of hydrogen-bond acceptors (Lipinski definition) is 6. The van der Waals surface area contributed by atoms with Crippen LogP contribution < -0.4 is 10.2 Å². The molecule has 4 rings (SSSR count). The lowest BCUT2D eigenvalue weighted by Crippen LogP contribution is -2.47. The minimum absolute atomic E-state index is 0.0827. The average molecular weight is 358 g/mol. The first-order valence-corrected chi connectivity index (χ1v) is 9.43. The molecule has 0 bridgehead atoms. The summed E-state index contributed by atoms with van der Waals surface area (Å²) in [6, 6.07) is 0.644. The molecule has 8 heteroatoms. The van der Waals surface area contributed by atoms with E-state index in [1.807, 2.05) is 0 Å². The Morgan fingerprint density at radius 1 is 1.04 bits per heavy atom. The number of hydrogen-bond donors (Lipinski definition) is 1. The Morgan fingerprint density at radius 3 is 2.50 bits per heavy atom. The topological polar surface area (TPSA) is 76.7 Å². The van der Waals surface area contributed by atoms with E-state index in [9.17, 15) is 0 Å². The van der Waals surface area contributed by atoms with Crippen LogP contribution in [0.2, 0.25) is 0 Å². The Labute approximate surface area is 155 Å². The lowest BCUT2D eigenvalue weighted by Gasteiger charge is -2.39. The largest absolute Gasteiger partial charge is 0.330 e. The van der Waals surface area contributed by atoms with Crippen LogP contribution in [-0.4, -0.2) is 42.1 Å². The van der Waals surface area contributed by atoms with Gasteiger partial charge in [0.05, 0.1) is 25.7 Å². The van der Waals surface area contributed by atoms with E-state index in [1.165, 1.54) is 0 Å². The smallest absolute Gasteiger partial charge is 0.245 e.